The first-order valence-electron chi connectivity index (χ1n) is 7.42. The second-order valence-electron chi connectivity index (χ2n) is 7.76. The van der Waals surface area contributed by atoms with E-state index in [1.54, 1.807) is 0 Å². The zero-order chi connectivity index (χ0) is 15.1. The van der Waals surface area contributed by atoms with Crippen molar-refractivity contribution >= 4 is 5.97 Å². The van der Waals surface area contributed by atoms with E-state index in [1.165, 1.54) is 31.8 Å². The number of hydrogen-bond donors (Lipinski definition) is 1. The molecule has 0 saturated heterocycles. The van der Waals surface area contributed by atoms with Gasteiger partial charge in [-0.1, -0.05) is 46.6 Å². The Morgan fingerprint density at radius 2 is 1.53 bits per heavy atom. The van der Waals surface area contributed by atoms with Crippen LogP contribution in [0.15, 0.2) is 11.6 Å². The molecule has 0 atom stereocenters. The molecule has 0 aromatic rings. The number of aliphatic carboxylic acids is 1. The average Bonchev–Trinajstić information content (AvgIpc) is 2.12. The summed E-state index contributed by atoms with van der Waals surface area (Å²) in [5, 5.41) is 8.66. The number of carboxylic acids is 1. The van der Waals surface area contributed by atoms with Gasteiger partial charge in [-0.15, -0.1) is 0 Å². The molecule has 1 N–H and O–H groups in total. The van der Waals surface area contributed by atoms with Gasteiger partial charge < -0.3 is 5.11 Å². The van der Waals surface area contributed by atoms with E-state index in [-0.39, 0.29) is 0 Å². The topological polar surface area (TPSA) is 37.3 Å². The zero-order valence-corrected chi connectivity index (χ0v) is 13.7. The van der Waals surface area contributed by atoms with Crippen LogP contribution in [0.3, 0.4) is 0 Å². The van der Waals surface area contributed by atoms with Crippen LogP contribution in [0, 0.1) is 10.8 Å². The second kappa shape index (κ2) is 7.72. The molecule has 0 radical (unpaired) electrons. The van der Waals surface area contributed by atoms with Gasteiger partial charge in [0.25, 0.3) is 0 Å². The van der Waals surface area contributed by atoms with Gasteiger partial charge in [0.05, 0.1) is 0 Å². The highest BCUT2D eigenvalue weighted by molar-refractivity contribution is 5.80. The second-order valence-corrected chi connectivity index (χ2v) is 7.76. The van der Waals surface area contributed by atoms with E-state index >= 15 is 0 Å². The maximum absolute atomic E-state index is 10.5. The molecular formula is C17H32O2. The zero-order valence-electron chi connectivity index (χ0n) is 13.7. The SMILES string of the molecule is C/C(=C\C(=O)O)CCCC(C)(C)CCCC(C)(C)C. The van der Waals surface area contributed by atoms with Crippen molar-refractivity contribution in [1.82, 2.24) is 0 Å². The molecule has 0 spiro atoms. The minimum absolute atomic E-state index is 0.370. The molecule has 0 aliphatic heterocycles. The summed E-state index contributed by atoms with van der Waals surface area (Å²) in [6.07, 6.45) is 8.28. The molecule has 0 heterocycles. The molecule has 0 aliphatic carbocycles. The first kappa shape index (κ1) is 18.2. The quantitative estimate of drug-likeness (QED) is 0.596. The minimum atomic E-state index is -0.832. The van der Waals surface area contributed by atoms with Gasteiger partial charge in [-0.2, -0.15) is 0 Å². The van der Waals surface area contributed by atoms with Crippen LogP contribution in [0.25, 0.3) is 0 Å². The highest BCUT2D eigenvalue weighted by Crippen LogP contribution is 2.32. The summed E-state index contributed by atoms with van der Waals surface area (Å²) in [6, 6.07) is 0. The lowest BCUT2D eigenvalue weighted by Gasteiger charge is -2.27. The standard InChI is InChI=1S/C17H32O2/c1-14(13-15(18)19)9-7-11-17(5,6)12-8-10-16(2,3)4/h13H,7-12H2,1-6H3,(H,18,19)/b14-13+. The average molecular weight is 268 g/mol. The lowest BCUT2D eigenvalue weighted by atomic mass is 9.79. The third-order valence-corrected chi connectivity index (χ3v) is 3.57. The van der Waals surface area contributed by atoms with Gasteiger partial charge in [-0.3, -0.25) is 0 Å². The molecule has 0 unspecified atom stereocenters. The number of carboxylic acid groups (broad SMARTS) is 1. The van der Waals surface area contributed by atoms with Gasteiger partial charge in [0.2, 0.25) is 0 Å². The monoisotopic (exact) mass is 268 g/mol. The number of carbonyl (C=O) groups is 1. The number of rotatable bonds is 8. The van der Waals surface area contributed by atoms with Crippen molar-refractivity contribution in [2.24, 2.45) is 10.8 Å². The third kappa shape index (κ3) is 12.0. The van der Waals surface area contributed by atoms with Gasteiger partial charge in [0.1, 0.15) is 0 Å². The predicted octanol–water partition coefficient (Wildman–Crippen LogP) is 5.43. The van der Waals surface area contributed by atoms with E-state index in [0.717, 1.165) is 18.4 Å². The number of hydrogen-bond acceptors (Lipinski definition) is 1. The van der Waals surface area contributed by atoms with E-state index < -0.39 is 5.97 Å². The Kier molecular flexibility index (Phi) is 7.39. The maximum atomic E-state index is 10.5. The summed E-state index contributed by atoms with van der Waals surface area (Å²) in [6.45, 7) is 13.4. The Morgan fingerprint density at radius 1 is 1.00 bits per heavy atom. The van der Waals surface area contributed by atoms with E-state index in [2.05, 4.69) is 34.6 Å². The summed E-state index contributed by atoms with van der Waals surface area (Å²) < 4.78 is 0. The first-order valence-corrected chi connectivity index (χ1v) is 7.42. The van der Waals surface area contributed by atoms with E-state index in [9.17, 15) is 4.79 Å². The van der Waals surface area contributed by atoms with Crippen LogP contribution < -0.4 is 0 Å². The fraction of sp³-hybridized carbons (Fsp3) is 0.824. The van der Waals surface area contributed by atoms with Crippen LogP contribution >= 0.6 is 0 Å². The van der Waals surface area contributed by atoms with Crippen molar-refractivity contribution in [2.45, 2.75) is 80.1 Å². The number of allylic oxidation sites excluding steroid dienone is 1. The van der Waals surface area contributed by atoms with Crippen LogP contribution in [0.1, 0.15) is 80.1 Å². The fourth-order valence-corrected chi connectivity index (χ4v) is 2.35. The highest BCUT2D eigenvalue weighted by atomic mass is 16.4. The molecular weight excluding hydrogens is 236 g/mol. The van der Waals surface area contributed by atoms with Gasteiger partial charge in [0, 0.05) is 6.08 Å². The van der Waals surface area contributed by atoms with E-state index in [4.69, 9.17) is 5.11 Å². The van der Waals surface area contributed by atoms with E-state index in [1.807, 2.05) is 6.92 Å². The van der Waals surface area contributed by atoms with Crippen LogP contribution in [0.4, 0.5) is 0 Å². The molecule has 19 heavy (non-hydrogen) atoms. The summed E-state index contributed by atoms with van der Waals surface area (Å²) in [7, 11) is 0. The molecule has 0 fully saturated rings. The molecule has 0 bridgehead atoms. The van der Waals surface area contributed by atoms with Crippen LogP contribution in [-0.4, -0.2) is 11.1 Å². The van der Waals surface area contributed by atoms with Crippen molar-refractivity contribution in [3.63, 3.8) is 0 Å². The smallest absolute Gasteiger partial charge is 0.328 e. The summed E-state index contributed by atoms with van der Waals surface area (Å²) >= 11 is 0. The third-order valence-electron chi connectivity index (χ3n) is 3.57. The molecule has 0 aliphatic rings. The Balaban J connectivity index is 3.94. The molecule has 0 amide bonds. The maximum Gasteiger partial charge on any atom is 0.328 e. The van der Waals surface area contributed by atoms with Crippen molar-refractivity contribution in [3.8, 4) is 0 Å². The molecule has 112 valence electrons. The summed E-state index contributed by atoms with van der Waals surface area (Å²) in [5.41, 5.74) is 1.77. The Morgan fingerprint density at radius 3 is 2.00 bits per heavy atom. The van der Waals surface area contributed by atoms with Crippen molar-refractivity contribution in [3.05, 3.63) is 11.6 Å². The van der Waals surface area contributed by atoms with Crippen LogP contribution in [0.2, 0.25) is 0 Å². The largest absolute Gasteiger partial charge is 0.478 e. The molecule has 0 aromatic heterocycles. The Bertz CT molecular complexity index is 306. The Hall–Kier alpha value is -0.790. The van der Waals surface area contributed by atoms with Crippen molar-refractivity contribution in [2.75, 3.05) is 0 Å². The van der Waals surface area contributed by atoms with Crippen LogP contribution in [0.5, 0.6) is 0 Å². The van der Waals surface area contributed by atoms with Crippen LogP contribution in [-0.2, 0) is 4.79 Å². The van der Waals surface area contributed by atoms with Gasteiger partial charge in [0.15, 0.2) is 0 Å². The summed E-state index contributed by atoms with van der Waals surface area (Å²) in [5.74, 6) is -0.832. The Labute approximate surface area is 119 Å². The van der Waals surface area contributed by atoms with Crippen molar-refractivity contribution < 1.29 is 9.90 Å². The lowest BCUT2D eigenvalue weighted by Crippen LogP contribution is -2.13. The van der Waals surface area contributed by atoms with Gasteiger partial charge in [-0.25, -0.2) is 4.79 Å². The normalized spacial score (nSPS) is 13.7. The summed E-state index contributed by atoms with van der Waals surface area (Å²) in [4.78, 5) is 10.5. The molecule has 0 saturated carbocycles. The lowest BCUT2D eigenvalue weighted by molar-refractivity contribution is -0.131. The fourth-order valence-electron chi connectivity index (χ4n) is 2.35. The molecule has 0 aromatic carbocycles. The van der Waals surface area contributed by atoms with Crippen molar-refractivity contribution in [1.29, 1.82) is 0 Å². The first-order chi connectivity index (χ1) is 8.52. The molecule has 0 rings (SSSR count). The molecule has 2 nitrogen and oxygen atoms in total. The molecule has 2 heteroatoms. The minimum Gasteiger partial charge on any atom is -0.478 e. The van der Waals surface area contributed by atoms with E-state index in [0.29, 0.717) is 10.8 Å². The van der Waals surface area contributed by atoms with Gasteiger partial charge >= 0.3 is 5.97 Å². The predicted molar refractivity (Wildman–Crippen MR) is 82.3 cm³/mol. The van der Waals surface area contributed by atoms with Gasteiger partial charge in [-0.05, 0) is 49.9 Å². The highest BCUT2D eigenvalue weighted by Gasteiger charge is 2.19.